The zero-order valence-corrected chi connectivity index (χ0v) is 8.05. The highest BCUT2D eigenvalue weighted by molar-refractivity contribution is 5.77. The summed E-state index contributed by atoms with van der Waals surface area (Å²) in [4.78, 5) is 4.30. The molecule has 0 bridgehead atoms. The number of para-hydroxylation sites is 1. The lowest BCUT2D eigenvalue weighted by Crippen LogP contribution is -2.03. The molecule has 2 aliphatic rings. The van der Waals surface area contributed by atoms with Crippen LogP contribution in [0.5, 0.6) is 5.75 Å². The van der Waals surface area contributed by atoms with E-state index in [-0.39, 0.29) is 0 Å². The third kappa shape index (κ3) is 1.40. The molecule has 0 unspecified atom stereocenters. The molecule has 0 aliphatic carbocycles. The number of nitrogens with zero attached hydrogens (tertiary/aromatic N) is 1. The molecule has 0 saturated carbocycles. The average Bonchev–Trinajstić information content (AvgIpc) is 2.50. The fourth-order valence-electron chi connectivity index (χ4n) is 1.62. The van der Waals surface area contributed by atoms with Crippen LogP contribution in [-0.2, 0) is 0 Å². The smallest absolute Gasteiger partial charge is 0.153 e. The molecule has 2 heterocycles. The number of aliphatic imine (C=N–C) groups is 1. The minimum absolute atomic E-state index is 0.804. The number of hydrogen-bond acceptors (Lipinski definition) is 2. The van der Waals surface area contributed by atoms with Crippen LogP contribution in [0.3, 0.4) is 0 Å². The molecule has 1 aromatic rings. The predicted molar refractivity (Wildman–Crippen MR) is 60.8 cm³/mol. The Hall–Kier alpha value is -2.09. The molecule has 0 atom stereocenters. The standard InChI is InChI=1S/C13H9NO/c1-2-6-12-10(5-1)9-11-13(15-12)7-3-4-8-14-11/h1-9H. The maximum absolute atomic E-state index is 5.74. The van der Waals surface area contributed by atoms with Gasteiger partial charge in [0.1, 0.15) is 11.4 Å². The number of benzene rings is 1. The van der Waals surface area contributed by atoms with E-state index in [9.17, 15) is 0 Å². The van der Waals surface area contributed by atoms with Gasteiger partial charge in [0.05, 0.1) is 0 Å². The topological polar surface area (TPSA) is 21.6 Å². The SMILES string of the molecule is C1=CC=C2Oc3ccccc3C=C2N=C1. The van der Waals surface area contributed by atoms with E-state index in [2.05, 4.69) is 4.99 Å². The summed E-state index contributed by atoms with van der Waals surface area (Å²) in [5.41, 5.74) is 1.95. The highest BCUT2D eigenvalue weighted by Gasteiger charge is 2.15. The van der Waals surface area contributed by atoms with Crippen molar-refractivity contribution < 1.29 is 4.74 Å². The summed E-state index contributed by atoms with van der Waals surface area (Å²) in [7, 11) is 0. The molecule has 2 nitrogen and oxygen atoms in total. The molecule has 1 aromatic carbocycles. The Morgan fingerprint density at radius 3 is 3.00 bits per heavy atom. The van der Waals surface area contributed by atoms with Crippen LogP contribution in [0.4, 0.5) is 0 Å². The first-order chi connectivity index (χ1) is 7.43. The quantitative estimate of drug-likeness (QED) is 0.623. The van der Waals surface area contributed by atoms with Crippen molar-refractivity contribution in [3.05, 3.63) is 59.5 Å². The lowest BCUT2D eigenvalue weighted by molar-refractivity contribution is 0.430. The lowest BCUT2D eigenvalue weighted by atomic mass is 10.1. The van der Waals surface area contributed by atoms with Crippen molar-refractivity contribution in [1.29, 1.82) is 0 Å². The largest absolute Gasteiger partial charge is 0.454 e. The first-order valence-electron chi connectivity index (χ1n) is 4.83. The normalized spacial score (nSPS) is 16.8. The number of rotatable bonds is 0. The molecular weight excluding hydrogens is 186 g/mol. The fourth-order valence-corrected chi connectivity index (χ4v) is 1.62. The second-order valence-electron chi connectivity index (χ2n) is 3.36. The van der Waals surface area contributed by atoms with Crippen molar-refractivity contribution in [1.82, 2.24) is 0 Å². The Bertz CT molecular complexity index is 521. The van der Waals surface area contributed by atoms with Gasteiger partial charge < -0.3 is 4.74 Å². The second kappa shape index (κ2) is 3.24. The van der Waals surface area contributed by atoms with Crippen LogP contribution in [-0.4, -0.2) is 6.21 Å². The van der Waals surface area contributed by atoms with Gasteiger partial charge in [-0.25, -0.2) is 0 Å². The first-order valence-corrected chi connectivity index (χ1v) is 4.83. The Morgan fingerprint density at radius 2 is 2.00 bits per heavy atom. The van der Waals surface area contributed by atoms with Crippen LogP contribution in [0, 0.1) is 0 Å². The van der Waals surface area contributed by atoms with E-state index in [0.29, 0.717) is 0 Å². The Kier molecular flexibility index (Phi) is 1.78. The minimum Gasteiger partial charge on any atom is -0.454 e. The molecule has 0 fully saturated rings. The van der Waals surface area contributed by atoms with Gasteiger partial charge in [-0.15, -0.1) is 0 Å². The Labute approximate surface area is 87.9 Å². The first kappa shape index (κ1) is 8.24. The zero-order valence-electron chi connectivity index (χ0n) is 8.05. The molecule has 3 rings (SSSR count). The van der Waals surface area contributed by atoms with Gasteiger partial charge in [0.25, 0.3) is 0 Å². The van der Waals surface area contributed by atoms with Gasteiger partial charge in [-0.1, -0.05) is 24.3 Å². The molecule has 0 N–H and O–H groups in total. The van der Waals surface area contributed by atoms with Gasteiger partial charge >= 0.3 is 0 Å². The van der Waals surface area contributed by atoms with E-state index < -0.39 is 0 Å². The second-order valence-corrected chi connectivity index (χ2v) is 3.36. The number of allylic oxidation sites excluding steroid dienone is 3. The van der Waals surface area contributed by atoms with E-state index >= 15 is 0 Å². The van der Waals surface area contributed by atoms with Crippen molar-refractivity contribution in [3.63, 3.8) is 0 Å². The predicted octanol–water partition coefficient (Wildman–Crippen LogP) is 2.94. The summed E-state index contributed by atoms with van der Waals surface area (Å²) in [6.45, 7) is 0. The average molecular weight is 195 g/mol. The van der Waals surface area contributed by atoms with Gasteiger partial charge in [-0.05, 0) is 24.3 Å². The zero-order chi connectivity index (χ0) is 10.1. The van der Waals surface area contributed by atoms with Crippen molar-refractivity contribution in [3.8, 4) is 5.75 Å². The van der Waals surface area contributed by atoms with Gasteiger partial charge in [0.2, 0.25) is 0 Å². The molecular formula is C13H9NO. The summed E-state index contributed by atoms with van der Waals surface area (Å²) in [5, 5.41) is 0. The molecule has 0 saturated heterocycles. The van der Waals surface area contributed by atoms with Crippen LogP contribution < -0.4 is 4.74 Å². The number of ether oxygens (including phenoxy) is 1. The minimum atomic E-state index is 0.804. The third-order valence-corrected chi connectivity index (χ3v) is 2.34. The van der Waals surface area contributed by atoms with E-state index in [4.69, 9.17) is 4.74 Å². The highest BCUT2D eigenvalue weighted by Crippen LogP contribution is 2.32. The number of fused-ring (bicyclic) bond motifs is 2. The number of hydrogen-bond donors (Lipinski definition) is 0. The molecule has 2 aliphatic heterocycles. The molecule has 0 amide bonds. The monoisotopic (exact) mass is 195 g/mol. The molecule has 0 aromatic heterocycles. The van der Waals surface area contributed by atoms with E-state index in [0.717, 1.165) is 22.8 Å². The van der Waals surface area contributed by atoms with E-state index in [1.807, 2.05) is 48.6 Å². The van der Waals surface area contributed by atoms with Crippen LogP contribution >= 0.6 is 0 Å². The molecule has 15 heavy (non-hydrogen) atoms. The Morgan fingerprint density at radius 1 is 1.07 bits per heavy atom. The summed E-state index contributed by atoms with van der Waals surface area (Å²) < 4.78 is 5.74. The van der Waals surface area contributed by atoms with Crippen molar-refractivity contribution in [2.45, 2.75) is 0 Å². The molecule has 0 radical (unpaired) electrons. The summed E-state index contributed by atoms with van der Waals surface area (Å²) in [5.74, 6) is 1.69. The van der Waals surface area contributed by atoms with Gasteiger partial charge in [-0.3, -0.25) is 4.99 Å². The van der Waals surface area contributed by atoms with Crippen molar-refractivity contribution in [2.75, 3.05) is 0 Å². The highest BCUT2D eigenvalue weighted by atomic mass is 16.5. The Balaban J connectivity index is 2.17. The van der Waals surface area contributed by atoms with Crippen molar-refractivity contribution >= 4 is 12.3 Å². The van der Waals surface area contributed by atoms with Crippen LogP contribution in [0.1, 0.15) is 5.56 Å². The van der Waals surface area contributed by atoms with Crippen LogP contribution in [0.25, 0.3) is 6.08 Å². The lowest BCUT2D eigenvalue weighted by Gasteiger charge is -2.17. The molecule has 2 heteroatoms. The molecule has 72 valence electrons. The third-order valence-electron chi connectivity index (χ3n) is 2.34. The van der Waals surface area contributed by atoms with Gasteiger partial charge in [0.15, 0.2) is 5.76 Å². The summed E-state index contributed by atoms with van der Waals surface area (Å²) in [6.07, 6.45) is 9.54. The van der Waals surface area contributed by atoms with E-state index in [1.165, 1.54) is 0 Å². The maximum atomic E-state index is 5.74. The van der Waals surface area contributed by atoms with Crippen LogP contribution in [0.15, 0.2) is 58.9 Å². The summed E-state index contributed by atoms with van der Waals surface area (Å²) >= 11 is 0. The van der Waals surface area contributed by atoms with Crippen molar-refractivity contribution in [2.24, 2.45) is 4.99 Å². The van der Waals surface area contributed by atoms with Crippen LogP contribution in [0.2, 0.25) is 0 Å². The van der Waals surface area contributed by atoms with Gasteiger partial charge in [-0.2, -0.15) is 0 Å². The fraction of sp³-hybridized carbons (Fsp3) is 0. The summed E-state index contributed by atoms with van der Waals surface area (Å²) in [6, 6.07) is 7.94. The molecule has 0 spiro atoms. The van der Waals surface area contributed by atoms with E-state index in [1.54, 1.807) is 6.21 Å². The maximum Gasteiger partial charge on any atom is 0.153 e. The van der Waals surface area contributed by atoms with Gasteiger partial charge in [0, 0.05) is 11.8 Å².